The van der Waals surface area contributed by atoms with Crippen LogP contribution >= 0.6 is 11.6 Å². The Morgan fingerprint density at radius 2 is 1.94 bits per heavy atom. The first-order valence-corrected chi connectivity index (χ1v) is 9.88. The van der Waals surface area contributed by atoms with Crippen molar-refractivity contribution in [2.45, 2.75) is 37.5 Å². The van der Waals surface area contributed by atoms with Crippen molar-refractivity contribution in [3.05, 3.63) is 40.2 Å². The first-order chi connectivity index (χ1) is 15.4. The molecular weight excluding hydrogens is 486 g/mol. The molecule has 1 aromatic carbocycles. The minimum Gasteiger partial charge on any atom is -0.447 e. The van der Waals surface area contributed by atoms with E-state index < -0.39 is 48.3 Å². The number of carbonyl (C=O) groups is 1. The van der Waals surface area contributed by atoms with E-state index in [2.05, 4.69) is 25.6 Å². The van der Waals surface area contributed by atoms with Gasteiger partial charge in [0.15, 0.2) is 0 Å². The molecule has 2 N–H and O–H groups in total. The molecule has 33 heavy (non-hydrogen) atoms. The van der Waals surface area contributed by atoms with Crippen LogP contribution in [0.25, 0.3) is 0 Å². The van der Waals surface area contributed by atoms with E-state index in [9.17, 15) is 31.1 Å². The molecule has 0 radical (unpaired) electrons. The lowest BCUT2D eigenvalue weighted by Gasteiger charge is -2.28. The molecule has 2 heterocycles. The van der Waals surface area contributed by atoms with Gasteiger partial charge in [-0.1, -0.05) is 16.7 Å². The highest BCUT2D eigenvalue weighted by atomic mass is 35.5. The number of amides is 1. The Labute approximate surface area is 187 Å². The van der Waals surface area contributed by atoms with Crippen molar-refractivity contribution >= 4 is 17.5 Å². The van der Waals surface area contributed by atoms with Gasteiger partial charge in [0.1, 0.15) is 6.61 Å². The number of alkyl halides is 6. The molecule has 182 valence electrons. The van der Waals surface area contributed by atoms with Gasteiger partial charge in [-0.05, 0) is 31.0 Å². The molecule has 1 aromatic heterocycles. The molecule has 1 saturated heterocycles. The lowest BCUT2D eigenvalue weighted by molar-refractivity contribution is -0.325. The van der Waals surface area contributed by atoms with Crippen molar-refractivity contribution in [2.75, 3.05) is 19.8 Å². The van der Waals surface area contributed by atoms with Crippen LogP contribution < -0.4 is 15.4 Å². The van der Waals surface area contributed by atoms with Gasteiger partial charge in [0.25, 0.3) is 5.91 Å². The highest BCUT2D eigenvalue weighted by Gasteiger charge is 2.34. The Morgan fingerprint density at radius 1 is 1.18 bits per heavy atom. The van der Waals surface area contributed by atoms with Crippen molar-refractivity contribution in [3.8, 4) is 6.08 Å². The van der Waals surface area contributed by atoms with E-state index in [0.717, 1.165) is 6.07 Å². The summed E-state index contributed by atoms with van der Waals surface area (Å²) in [5.74, 6) is -0.545. The summed E-state index contributed by atoms with van der Waals surface area (Å²) in [6.07, 6.45) is -8.91. The van der Waals surface area contributed by atoms with Gasteiger partial charge in [-0.3, -0.25) is 9.53 Å². The van der Waals surface area contributed by atoms with Gasteiger partial charge >= 0.3 is 18.6 Å². The molecule has 1 fully saturated rings. The van der Waals surface area contributed by atoms with Crippen LogP contribution in [0.1, 0.15) is 40.7 Å². The van der Waals surface area contributed by atoms with E-state index in [-0.39, 0.29) is 30.1 Å². The van der Waals surface area contributed by atoms with Gasteiger partial charge in [-0.2, -0.15) is 13.2 Å². The quantitative estimate of drug-likeness (QED) is 0.438. The molecule has 1 aliphatic heterocycles. The average Bonchev–Trinajstić information content (AvgIpc) is 3.19. The van der Waals surface area contributed by atoms with Crippen molar-refractivity contribution in [2.24, 2.45) is 0 Å². The fourth-order valence-corrected chi connectivity index (χ4v) is 3.27. The molecule has 0 unspecified atom stereocenters. The van der Waals surface area contributed by atoms with E-state index in [0.29, 0.717) is 18.9 Å². The third-order valence-electron chi connectivity index (χ3n) is 4.58. The number of piperidine rings is 1. The van der Waals surface area contributed by atoms with Crippen LogP contribution in [-0.2, 0) is 10.9 Å². The number of halogens is 7. The number of hydrogen-bond acceptors (Lipinski definition) is 7. The second-order valence-electron chi connectivity index (χ2n) is 6.95. The minimum absolute atomic E-state index is 0.138. The third-order valence-corrected chi connectivity index (χ3v) is 4.91. The van der Waals surface area contributed by atoms with Crippen LogP contribution in [0.15, 0.2) is 22.6 Å². The predicted octanol–water partition coefficient (Wildman–Crippen LogP) is 3.88. The summed E-state index contributed by atoms with van der Waals surface area (Å²) in [6.45, 7) is -0.940. The SMILES string of the molecule is O=C(N[C@H]1CC[C@H](c2nnc(OCCOC(F)(F)F)o2)NC1)c1ccc(Cl)c(C(F)(F)F)c1. The topological polar surface area (TPSA) is 98.5 Å². The summed E-state index contributed by atoms with van der Waals surface area (Å²) in [6, 6.07) is 2.12. The first kappa shape index (κ1) is 25.1. The molecule has 1 amide bonds. The molecule has 0 aliphatic carbocycles. The predicted molar refractivity (Wildman–Crippen MR) is 99.5 cm³/mol. The van der Waals surface area contributed by atoms with E-state index in [4.69, 9.17) is 20.8 Å². The molecule has 8 nitrogen and oxygen atoms in total. The van der Waals surface area contributed by atoms with Gasteiger partial charge in [-0.15, -0.1) is 18.3 Å². The van der Waals surface area contributed by atoms with E-state index in [1.54, 1.807) is 0 Å². The number of rotatable bonds is 7. The van der Waals surface area contributed by atoms with E-state index in [1.165, 1.54) is 6.07 Å². The molecule has 3 rings (SSSR count). The molecule has 0 spiro atoms. The zero-order chi connectivity index (χ0) is 24.2. The summed E-state index contributed by atoms with van der Waals surface area (Å²) in [5, 5.41) is 12.5. The number of carbonyl (C=O) groups excluding carboxylic acids is 1. The second-order valence-corrected chi connectivity index (χ2v) is 7.36. The smallest absolute Gasteiger partial charge is 0.447 e. The van der Waals surface area contributed by atoms with Crippen LogP contribution in [0.3, 0.4) is 0 Å². The normalized spacial score (nSPS) is 19.4. The van der Waals surface area contributed by atoms with Crippen molar-refractivity contribution in [3.63, 3.8) is 0 Å². The van der Waals surface area contributed by atoms with Gasteiger partial charge in [-0.25, -0.2) is 0 Å². The summed E-state index contributed by atoms with van der Waals surface area (Å²) < 4.78 is 88.4. The number of ether oxygens (including phenoxy) is 2. The minimum atomic E-state index is -4.77. The summed E-state index contributed by atoms with van der Waals surface area (Å²) >= 11 is 5.56. The van der Waals surface area contributed by atoms with Crippen molar-refractivity contribution in [1.82, 2.24) is 20.8 Å². The molecule has 15 heteroatoms. The lowest BCUT2D eigenvalue weighted by Crippen LogP contribution is -2.46. The number of benzene rings is 1. The zero-order valence-electron chi connectivity index (χ0n) is 16.6. The summed E-state index contributed by atoms with van der Waals surface area (Å²) in [5.41, 5.74) is -1.28. The van der Waals surface area contributed by atoms with Crippen LogP contribution in [0.2, 0.25) is 5.02 Å². The Morgan fingerprint density at radius 3 is 2.58 bits per heavy atom. The number of hydrogen-bond donors (Lipinski definition) is 2. The zero-order valence-corrected chi connectivity index (χ0v) is 17.4. The molecule has 1 aliphatic rings. The molecule has 2 atom stereocenters. The van der Waals surface area contributed by atoms with Gasteiger partial charge in [0.05, 0.1) is 23.2 Å². The summed E-state index contributed by atoms with van der Waals surface area (Å²) in [4.78, 5) is 12.4. The van der Waals surface area contributed by atoms with Crippen LogP contribution in [0, 0.1) is 0 Å². The Balaban J connectivity index is 1.48. The maximum atomic E-state index is 13.0. The third kappa shape index (κ3) is 7.20. The maximum absolute atomic E-state index is 13.0. The highest BCUT2D eigenvalue weighted by molar-refractivity contribution is 6.31. The highest BCUT2D eigenvalue weighted by Crippen LogP contribution is 2.35. The standard InChI is InChI=1S/C18H17ClF6N4O4/c19-12-3-1-9(7-11(12)17(20,21)22)14(30)27-10-2-4-13(26-8-10)15-28-29-16(33-15)31-5-6-32-18(23,24)25/h1,3,7,10,13,26H,2,4-6,8H2,(H,27,30)/t10-,13+/m0/s1. The van der Waals surface area contributed by atoms with E-state index >= 15 is 0 Å². The van der Waals surface area contributed by atoms with Gasteiger partial charge in [0, 0.05) is 18.2 Å². The number of nitrogens with zero attached hydrogens (tertiary/aromatic N) is 2. The van der Waals surface area contributed by atoms with Crippen molar-refractivity contribution < 1.29 is 45.0 Å². The molecule has 0 saturated carbocycles. The maximum Gasteiger partial charge on any atom is 0.522 e. The first-order valence-electron chi connectivity index (χ1n) is 9.50. The second kappa shape index (κ2) is 10.1. The number of nitrogens with one attached hydrogen (secondary N) is 2. The van der Waals surface area contributed by atoms with Gasteiger partial charge in [0.2, 0.25) is 5.89 Å². The fourth-order valence-electron chi connectivity index (χ4n) is 3.05. The fraction of sp³-hybridized carbons (Fsp3) is 0.500. The summed E-state index contributed by atoms with van der Waals surface area (Å²) in [7, 11) is 0. The van der Waals surface area contributed by atoms with Crippen LogP contribution in [0.4, 0.5) is 26.3 Å². The van der Waals surface area contributed by atoms with Crippen molar-refractivity contribution in [1.29, 1.82) is 0 Å². The molecule has 0 bridgehead atoms. The average molecular weight is 503 g/mol. The van der Waals surface area contributed by atoms with Crippen LogP contribution in [0.5, 0.6) is 6.08 Å². The monoisotopic (exact) mass is 502 g/mol. The van der Waals surface area contributed by atoms with E-state index in [1.807, 2.05) is 0 Å². The lowest BCUT2D eigenvalue weighted by atomic mass is 10.00. The largest absolute Gasteiger partial charge is 0.522 e. The molecule has 2 aromatic rings. The van der Waals surface area contributed by atoms with Crippen LogP contribution in [-0.4, -0.2) is 48.3 Å². The Bertz CT molecular complexity index is 960. The number of aromatic nitrogens is 2. The Hall–Kier alpha value is -2.58. The Kier molecular flexibility index (Phi) is 7.69. The van der Waals surface area contributed by atoms with Gasteiger partial charge < -0.3 is 19.8 Å². The molecular formula is C18H17ClF6N4O4.